The Hall–Kier alpha value is 0.760. The van der Waals surface area contributed by atoms with Gasteiger partial charge >= 0.3 is 0 Å². The molecule has 1 unspecified atom stereocenters. The lowest BCUT2D eigenvalue weighted by Crippen LogP contribution is -2.38. The van der Waals surface area contributed by atoms with Gasteiger partial charge in [-0.25, -0.2) is 0 Å². The average Bonchev–Trinajstić information content (AvgIpc) is 2.49. The minimum atomic E-state index is -0.349. The van der Waals surface area contributed by atoms with Crippen molar-refractivity contribution in [1.29, 1.82) is 0 Å². The molecule has 1 fully saturated rings. The highest BCUT2D eigenvalue weighted by molar-refractivity contribution is 9.09. The molecule has 0 saturated carbocycles. The molecule has 1 heterocycles. The number of halogens is 2. The van der Waals surface area contributed by atoms with Crippen LogP contribution in [0.2, 0.25) is 0 Å². The second kappa shape index (κ2) is 11.3. The number of rotatable bonds is 2. The third-order valence-electron chi connectivity index (χ3n) is 3.04. The molecule has 0 radical (unpaired) electrons. The van der Waals surface area contributed by atoms with E-state index in [2.05, 4.69) is 31.9 Å². The molecule has 0 aromatic heterocycles. The molecule has 1 rings (SSSR count). The Balaban J connectivity index is 2.47. The molecule has 1 aliphatic rings. The molecule has 1 aliphatic heterocycles. The first-order valence-corrected chi connectivity index (χ1v) is 9.48. The van der Waals surface area contributed by atoms with Crippen molar-refractivity contribution in [3.63, 3.8) is 0 Å². The maximum atomic E-state index is 5.85. The normalized spacial score (nSPS) is 34.9. The van der Waals surface area contributed by atoms with Crippen LogP contribution >= 0.6 is 31.9 Å². The van der Waals surface area contributed by atoms with Crippen molar-refractivity contribution in [3.8, 4) is 0 Å². The van der Waals surface area contributed by atoms with Crippen molar-refractivity contribution in [2.45, 2.75) is 31.7 Å². The van der Waals surface area contributed by atoms with Crippen molar-refractivity contribution in [1.82, 2.24) is 0 Å². The third kappa shape index (κ3) is 8.83. The Morgan fingerprint density at radius 1 is 1.00 bits per heavy atom. The molecular formula is C14H26Br2O5. The predicted octanol–water partition coefficient (Wildman–Crippen LogP) is 2.39. The highest BCUT2D eigenvalue weighted by Gasteiger charge is 2.24. The molecule has 21 heavy (non-hydrogen) atoms. The molecule has 0 spiro atoms. The van der Waals surface area contributed by atoms with E-state index in [1.165, 1.54) is 0 Å². The maximum Gasteiger partial charge on any atom is 0.0984 e. The largest absolute Gasteiger partial charge is 0.377 e. The summed E-state index contributed by atoms with van der Waals surface area (Å²) in [6.45, 7) is 7.83. The van der Waals surface area contributed by atoms with Gasteiger partial charge in [0, 0.05) is 10.7 Å². The van der Waals surface area contributed by atoms with Gasteiger partial charge in [-0.3, -0.25) is 0 Å². The van der Waals surface area contributed by atoms with Crippen LogP contribution in [0.4, 0.5) is 0 Å². The van der Waals surface area contributed by atoms with Crippen LogP contribution in [0.25, 0.3) is 0 Å². The standard InChI is InChI=1S/C14H26Br2O5/c1-12-8-18-11-14(2,10-16)21-6-4-17-3-5-19-13(7-15)9-20-12/h12-13H,3-11H2,1-2H3/t12?,13-,14+/m0/s1. The number of ether oxygens (including phenoxy) is 5. The van der Waals surface area contributed by atoms with E-state index in [-0.39, 0.29) is 17.8 Å². The van der Waals surface area contributed by atoms with Gasteiger partial charge in [0.2, 0.25) is 0 Å². The summed E-state index contributed by atoms with van der Waals surface area (Å²) in [5.74, 6) is 0. The minimum absolute atomic E-state index is 0.0242. The molecule has 5 nitrogen and oxygen atoms in total. The lowest BCUT2D eigenvalue weighted by Gasteiger charge is -2.28. The highest BCUT2D eigenvalue weighted by atomic mass is 79.9. The summed E-state index contributed by atoms with van der Waals surface area (Å²) in [6.07, 6.45) is 0.0568. The molecule has 0 N–H and O–H groups in total. The zero-order chi connectivity index (χ0) is 15.6. The fourth-order valence-electron chi connectivity index (χ4n) is 1.74. The van der Waals surface area contributed by atoms with E-state index in [1.807, 2.05) is 13.8 Å². The molecule has 0 bridgehead atoms. The van der Waals surface area contributed by atoms with Crippen LogP contribution in [-0.4, -0.2) is 74.7 Å². The van der Waals surface area contributed by atoms with E-state index < -0.39 is 0 Å². The lowest BCUT2D eigenvalue weighted by atomic mass is 10.1. The van der Waals surface area contributed by atoms with Crippen LogP contribution in [-0.2, 0) is 23.7 Å². The van der Waals surface area contributed by atoms with Crippen LogP contribution in [0.1, 0.15) is 13.8 Å². The van der Waals surface area contributed by atoms with Gasteiger partial charge in [0.15, 0.2) is 0 Å². The topological polar surface area (TPSA) is 46.2 Å². The van der Waals surface area contributed by atoms with Gasteiger partial charge in [-0.15, -0.1) is 0 Å². The summed E-state index contributed by atoms with van der Waals surface area (Å²) in [5, 5.41) is 1.45. The Morgan fingerprint density at radius 2 is 1.76 bits per heavy atom. The van der Waals surface area contributed by atoms with Crippen LogP contribution in [0, 0.1) is 0 Å². The zero-order valence-corrected chi connectivity index (χ0v) is 16.0. The van der Waals surface area contributed by atoms with Crippen molar-refractivity contribution >= 4 is 31.9 Å². The molecule has 7 heteroatoms. The molecule has 0 aliphatic carbocycles. The van der Waals surface area contributed by atoms with E-state index in [4.69, 9.17) is 23.7 Å². The summed E-state index contributed by atoms with van der Waals surface area (Å²) in [6, 6.07) is 0. The van der Waals surface area contributed by atoms with Gasteiger partial charge in [-0.2, -0.15) is 0 Å². The maximum absolute atomic E-state index is 5.85. The predicted molar refractivity (Wildman–Crippen MR) is 88.7 cm³/mol. The summed E-state index contributed by atoms with van der Waals surface area (Å²) >= 11 is 6.91. The lowest BCUT2D eigenvalue weighted by molar-refractivity contribution is -0.0998. The third-order valence-corrected chi connectivity index (χ3v) is 4.95. The van der Waals surface area contributed by atoms with Crippen molar-refractivity contribution in [2.75, 3.05) is 56.9 Å². The fourth-order valence-corrected chi connectivity index (χ4v) is 2.44. The quantitative estimate of drug-likeness (QED) is 0.625. The Labute approximate surface area is 144 Å². The first-order valence-electron chi connectivity index (χ1n) is 7.24. The van der Waals surface area contributed by atoms with E-state index in [0.717, 1.165) is 5.33 Å². The summed E-state index contributed by atoms with van der Waals surface area (Å²) in [7, 11) is 0. The Bertz CT molecular complexity index is 270. The van der Waals surface area contributed by atoms with Crippen LogP contribution < -0.4 is 0 Å². The van der Waals surface area contributed by atoms with Gasteiger partial charge in [0.05, 0.1) is 64.1 Å². The van der Waals surface area contributed by atoms with E-state index in [1.54, 1.807) is 0 Å². The Morgan fingerprint density at radius 3 is 2.48 bits per heavy atom. The summed E-state index contributed by atoms with van der Waals surface area (Å²) in [4.78, 5) is 0. The molecule has 0 aromatic rings. The van der Waals surface area contributed by atoms with Crippen LogP contribution in [0.5, 0.6) is 0 Å². The molecule has 0 aromatic carbocycles. The monoisotopic (exact) mass is 432 g/mol. The Kier molecular flexibility index (Phi) is 10.7. The summed E-state index contributed by atoms with van der Waals surface area (Å²) < 4.78 is 28.5. The second-order valence-electron chi connectivity index (χ2n) is 5.35. The van der Waals surface area contributed by atoms with Crippen molar-refractivity contribution < 1.29 is 23.7 Å². The van der Waals surface area contributed by atoms with Gasteiger partial charge in [-0.1, -0.05) is 31.9 Å². The molecule has 126 valence electrons. The molecular weight excluding hydrogens is 408 g/mol. The van der Waals surface area contributed by atoms with Crippen LogP contribution in [0.3, 0.4) is 0 Å². The highest BCUT2D eigenvalue weighted by Crippen LogP contribution is 2.15. The van der Waals surface area contributed by atoms with E-state index >= 15 is 0 Å². The van der Waals surface area contributed by atoms with Crippen LogP contribution in [0.15, 0.2) is 0 Å². The van der Waals surface area contributed by atoms with Gasteiger partial charge in [0.25, 0.3) is 0 Å². The van der Waals surface area contributed by atoms with Gasteiger partial charge < -0.3 is 23.7 Å². The second-order valence-corrected chi connectivity index (χ2v) is 6.56. The van der Waals surface area contributed by atoms with E-state index in [0.29, 0.717) is 51.6 Å². The molecule has 1 saturated heterocycles. The first-order chi connectivity index (χ1) is 10.1. The first kappa shape index (κ1) is 19.8. The fraction of sp³-hybridized carbons (Fsp3) is 1.00. The number of hydrogen-bond acceptors (Lipinski definition) is 5. The summed E-state index contributed by atoms with van der Waals surface area (Å²) in [5.41, 5.74) is -0.349. The minimum Gasteiger partial charge on any atom is -0.377 e. The number of alkyl halides is 2. The van der Waals surface area contributed by atoms with Crippen molar-refractivity contribution in [3.05, 3.63) is 0 Å². The molecule has 0 amide bonds. The van der Waals surface area contributed by atoms with Gasteiger partial charge in [-0.05, 0) is 13.8 Å². The SMILES string of the molecule is CC1COC[C@@](C)(CBr)OCCOCCO[C@@H](CBr)CO1. The molecule has 3 atom stereocenters. The zero-order valence-electron chi connectivity index (χ0n) is 12.8. The van der Waals surface area contributed by atoms with Gasteiger partial charge in [0.1, 0.15) is 0 Å². The van der Waals surface area contributed by atoms with Crippen molar-refractivity contribution in [2.24, 2.45) is 0 Å². The van der Waals surface area contributed by atoms with E-state index in [9.17, 15) is 0 Å². The smallest absolute Gasteiger partial charge is 0.0984 e. The number of hydrogen-bond donors (Lipinski definition) is 0. The average molecular weight is 434 g/mol.